The molecule has 0 bridgehead atoms. The highest BCUT2D eigenvalue weighted by atomic mass is 19.1. The summed E-state index contributed by atoms with van der Waals surface area (Å²) in [6.07, 6.45) is 9.18. The molecule has 0 saturated carbocycles. The maximum Gasteiger partial charge on any atom is 0.264 e. The SMILES string of the molecule is C=C(F)/C=C(\C=C/C)Oc1nc(-c2nc(N)c3c(n2)NC(=O)C3(C)c2ccc(F)cc2)cn2ccnc12. The average Bonchev–Trinajstić information content (AvgIpc) is 3.42. The first kappa shape index (κ1) is 23.8. The number of hydrogen-bond donors (Lipinski definition) is 2. The normalized spacial score (nSPS) is 17.3. The largest absolute Gasteiger partial charge is 0.436 e. The van der Waals surface area contributed by atoms with Gasteiger partial charge in [-0.3, -0.25) is 4.79 Å². The molecule has 1 aromatic carbocycles. The Labute approximate surface area is 210 Å². The molecule has 1 amide bonds. The standard InChI is InChI=1S/C26H21F2N7O2/c1-4-5-17(12-14(2)27)37-24-23-30-10-11-35(23)13-18(31-24)21-32-20(29)19-22(33-21)34-25(36)26(19,3)15-6-8-16(28)9-7-15/h4-13H,2H2,1,3H3,(H3,29,32,33,34,36)/b5-4-,17-12+. The zero-order valence-corrected chi connectivity index (χ0v) is 19.9. The van der Waals surface area contributed by atoms with Crippen molar-refractivity contribution in [1.29, 1.82) is 0 Å². The number of allylic oxidation sites excluding steroid dienone is 4. The summed E-state index contributed by atoms with van der Waals surface area (Å²) >= 11 is 0. The highest BCUT2D eigenvalue weighted by Gasteiger charge is 2.47. The highest BCUT2D eigenvalue weighted by Crippen LogP contribution is 2.45. The lowest BCUT2D eigenvalue weighted by atomic mass is 9.78. The third-order valence-electron chi connectivity index (χ3n) is 5.96. The predicted molar refractivity (Wildman–Crippen MR) is 134 cm³/mol. The van der Waals surface area contributed by atoms with Crippen molar-refractivity contribution in [2.75, 3.05) is 11.1 Å². The second-order valence-electron chi connectivity index (χ2n) is 8.43. The topological polar surface area (TPSA) is 120 Å². The fourth-order valence-corrected chi connectivity index (χ4v) is 4.20. The molecule has 5 rings (SSSR count). The molecule has 1 atom stereocenters. The number of carbonyl (C=O) groups is 1. The summed E-state index contributed by atoms with van der Waals surface area (Å²) in [7, 11) is 0. The third-order valence-corrected chi connectivity index (χ3v) is 5.96. The van der Waals surface area contributed by atoms with Crippen LogP contribution in [0, 0.1) is 5.82 Å². The molecule has 3 aromatic heterocycles. The minimum absolute atomic E-state index is 0.0587. The summed E-state index contributed by atoms with van der Waals surface area (Å²) in [5, 5.41) is 2.76. The van der Waals surface area contributed by atoms with Gasteiger partial charge in [0, 0.05) is 24.7 Å². The lowest BCUT2D eigenvalue weighted by Gasteiger charge is -2.23. The number of imidazole rings is 1. The first-order chi connectivity index (χ1) is 17.7. The van der Waals surface area contributed by atoms with Crippen LogP contribution in [0.25, 0.3) is 17.2 Å². The van der Waals surface area contributed by atoms with Gasteiger partial charge < -0.3 is 20.2 Å². The van der Waals surface area contributed by atoms with E-state index >= 15 is 0 Å². The van der Waals surface area contributed by atoms with Crippen molar-refractivity contribution in [3.05, 3.63) is 96.2 Å². The molecule has 4 aromatic rings. The van der Waals surface area contributed by atoms with Gasteiger partial charge in [-0.05, 0) is 37.6 Å². The van der Waals surface area contributed by atoms with Gasteiger partial charge in [-0.15, -0.1) is 0 Å². The van der Waals surface area contributed by atoms with Crippen molar-refractivity contribution in [2.45, 2.75) is 19.3 Å². The van der Waals surface area contributed by atoms with Gasteiger partial charge in [0.15, 0.2) is 5.82 Å². The Balaban J connectivity index is 1.62. The van der Waals surface area contributed by atoms with Crippen molar-refractivity contribution in [3.8, 4) is 17.4 Å². The monoisotopic (exact) mass is 501 g/mol. The lowest BCUT2D eigenvalue weighted by molar-refractivity contribution is -0.119. The number of rotatable bonds is 6. The van der Waals surface area contributed by atoms with Crippen LogP contribution in [0.4, 0.5) is 20.4 Å². The smallest absolute Gasteiger partial charge is 0.264 e. The van der Waals surface area contributed by atoms with Crippen LogP contribution in [0.1, 0.15) is 25.0 Å². The van der Waals surface area contributed by atoms with Crippen molar-refractivity contribution in [3.63, 3.8) is 0 Å². The zero-order chi connectivity index (χ0) is 26.3. The van der Waals surface area contributed by atoms with Gasteiger partial charge in [0.1, 0.15) is 40.1 Å². The minimum atomic E-state index is -1.22. The van der Waals surface area contributed by atoms with E-state index in [2.05, 4.69) is 31.8 Å². The van der Waals surface area contributed by atoms with Crippen molar-refractivity contribution in [2.24, 2.45) is 0 Å². The Morgan fingerprint density at radius 1 is 1.24 bits per heavy atom. The fraction of sp³-hybridized carbons (Fsp3) is 0.115. The van der Waals surface area contributed by atoms with Crippen LogP contribution < -0.4 is 15.8 Å². The van der Waals surface area contributed by atoms with E-state index in [1.165, 1.54) is 24.3 Å². The van der Waals surface area contributed by atoms with Crippen LogP contribution in [0.2, 0.25) is 0 Å². The number of halogens is 2. The Bertz CT molecular complexity index is 1630. The van der Waals surface area contributed by atoms with E-state index in [1.807, 2.05) is 0 Å². The predicted octanol–water partition coefficient (Wildman–Crippen LogP) is 4.49. The first-order valence-electron chi connectivity index (χ1n) is 11.2. The Hall–Kier alpha value is -4.93. The van der Waals surface area contributed by atoms with Gasteiger partial charge in [0.05, 0.1) is 5.56 Å². The molecule has 3 N–H and O–H groups in total. The van der Waals surface area contributed by atoms with Gasteiger partial charge in [-0.1, -0.05) is 24.8 Å². The molecule has 37 heavy (non-hydrogen) atoms. The number of amides is 1. The number of hydrogen-bond acceptors (Lipinski definition) is 7. The second kappa shape index (κ2) is 8.94. The quantitative estimate of drug-likeness (QED) is 0.295. The van der Waals surface area contributed by atoms with E-state index in [0.717, 1.165) is 6.08 Å². The molecule has 0 saturated heterocycles. The van der Waals surface area contributed by atoms with Gasteiger partial charge >= 0.3 is 0 Å². The van der Waals surface area contributed by atoms with Crippen molar-refractivity contribution < 1.29 is 18.3 Å². The number of nitrogens with one attached hydrogen (secondary N) is 1. The molecule has 1 aliphatic heterocycles. The number of nitrogens with zero attached hydrogens (tertiary/aromatic N) is 5. The van der Waals surface area contributed by atoms with Gasteiger partial charge in [0.2, 0.25) is 11.6 Å². The molecule has 1 aliphatic rings. The number of ether oxygens (including phenoxy) is 1. The van der Waals surface area contributed by atoms with Crippen LogP contribution >= 0.6 is 0 Å². The third kappa shape index (κ3) is 4.10. The summed E-state index contributed by atoms with van der Waals surface area (Å²) in [6, 6.07) is 5.60. The van der Waals surface area contributed by atoms with Gasteiger partial charge in [-0.2, -0.15) is 0 Å². The van der Waals surface area contributed by atoms with Crippen LogP contribution in [-0.4, -0.2) is 30.2 Å². The van der Waals surface area contributed by atoms with Crippen molar-refractivity contribution in [1.82, 2.24) is 24.3 Å². The number of carbonyl (C=O) groups excluding carboxylic acids is 1. The number of fused-ring (bicyclic) bond motifs is 2. The first-order valence-corrected chi connectivity index (χ1v) is 11.2. The Morgan fingerprint density at radius 2 is 2.00 bits per heavy atom. The van der Waals surface area contributed by atoms with E-state index in [-0.39, 0.29) is 40.7 Å². The molecule has 1 unspecified atom stereocenters. The van der Waals surface area contributed by atoms with E-state index in [0.29, 0.717) is 16.8 Å². The fourth-order valence-electron chi connectivity index (χ4n) is 4.20. The molecular formula is C26H21F2N7O2. The number of nitrogen functional groups attached to an aromatic ring is 1. The second-order valence-corrected chi connectivity index (χ2v) is 8.43. The molecular weight excluding hydrogens is 480 g/mol. The molecule has 11 heteroatoms. The number of nitrogens with two attached hydrogens (primary N) is 1. The van der Waals surface area contributed by atoms with E-state index in [1.54, 1.807) is 49.0 Å². The van der Waals surface area contributed by atoms with Crippen LogP contribution in [0.3, 0.4) is 0 Å². The minimum Gasteiger partial charge on any atom is -0.436 e. The maximum atomic E-state index is 13.5. The lowest BCUT2D eigenvalue weighted by Crippen LogP contribution is -2.33. The van der Waals surface area contributed by atoms with Gasteiger partial charge in [0.25, 0.3) is 5.88 Å². The highest BCUT2D eigenvalue weighted by molar-refractivity contribution is 6.09. The summed E-state index contributed by atoms with van der Waals surface area (Å²) in [5.41, 5.74) is 6.69. The molecule has 4 heterocycles. The Morgan fingerprint density at radius 3 is 2.70 bits per heavy atom. The number of aromatic nitrogens is 5. The zero-order valence-electron chi connectivity index (χ0n) is 19.9. The van der Waals surface area contributed by atoms with Crippen LogP contribution in [-0.2, 0) is 10.2 Å². The van der Waals surface area contributed by atoms with Crippen LogP contribution in [0.5, 0.6) is 5.88 Å². The summed E-state index contributed by atoms with van der Waals surface area (Å²) in [4.78, 5) is 30.8. The summed E-state index contributed by atoms with van der Waals surface area (Å²) in [6.45, 7) is 6.67. The molecule has 186 valence electrons. The van der Waals surface area contributed by atoms with Crippen molar-refractivity contribution >= 4 is 23.2 Å². The van der Waals surface area contributed by atoms with Crippen LogP contribution in [0.15, 0.2) is 79.2 Å². The summed E-state index contributed by atoms with van der Waals surface area (Å²) < 4.78 is 34.5. The molecule has 0 spiro atoms. The number of anilines is 2. The molecule has 9 nitrogen and oxygen atoms in total. The van der Waals surface area contributed by atoms with E-state index < -0.39 is 17.1 Å². The van der Waals surface area contributed by atoms with Gasteiger partial charge in [-0.25, -0.2) is 28.7 Å². The Kier molecular flexibility index (Phi) is 5.75. The van der Waals surface area contributed by atoms with E-state index in [4.69, 9.17) is 10.5 Å². The van der Waals surface area contributed by atoms with E-state index in [9.17, 15) is 13.6 Å². The summed E-state index contributed by atoms with van der Waals surface area (Å²) in [5.74, 6) is -0.877. The average molecular weight is 501 g/mol. The molecule has 0 radical (unpaired) electrons. The molecule has 0 fully saturated rings. The maximum absolute atomic E-state index is 13.5. The molecule has 0 aliphatic carbocycles. The number of benzene rings is 1.